The highest BCUT2D eigenvalue weighted by molar-refractivity contribution is 6.31. The smallest absolute Gasteiger partial charge is 0.251 e. The molecule has 0 bridgehead atoms. The molecular formula is C47H60ClN5O10. The number of aliphatic hydroxyl groups is 3. The van der Waals surface area contributed by atoms with Crippen LogP contribution in [0.3, 0.4) is 0 Å². The quantitative estimate of drug-likeness (QED) is 0.0754. The molecule has 340 valence electrons. The maximum absolute atomic E-state index is 13.9. The van der Waals surface area contributed by atoms with Crippen molar-refractivity contribution in [3.05, 3.63) is 94.0 Å². The maximum Gasteiger partial charge on any atom is 0.251 e. The summed E-state index contributed by atoms with van der Waals surface area (Å²) in [7, 11) is 0. The number of likely N-dealkylation sites (tertiary alicyclic amines) is 1. The van der Waals surface area contributed by atoms with Gasteiger partial charge in [0.1, 0.15) is 42.4 Å². The Kier molecular flexibility index (Phi) is 15.9. The Morgan fingerprint density at radius 3 is 2.17 bits per heavy atom. The third kappa shape index (κ3) is 12.1. The molecule has 5 rings (SSSR count). The van der Waals surface area contributed by atoms with E-state index in [1.54, 1.807) is 75.4 Å². The molecule has 0 unspecified atom stereocenters. The number of carbonyl (C=O) groups excluding carboxylic acids is 4. The molecule has 6 N–H and O–H groups in total. The van der Waals surface area contributed by atoms with E-state index in [1.807, 2.05) is 33.8 Å². The summed E-state index contributed by atoms with van der Waals surface area (Å²) in [5.41, 5.74) is 0.348. The molecule has 3 aromatic carbocycles. The Hall–Kier alpha value is -5.24. The van der Waals surface area contributed by atoms with E-state index in [9.17, 15) is 39.8 Å². The summed E-state index contributed by atoms with van der Waals surface area (Å²) >= 11 is 6.22. The van der Waals surface area contributed by atoms with Crippen molar-refractivity contribution in [2.24, 2.45) is 16.2 Å². The van der Waals surface area contributed by atoms with E-state index in [0.717, 1.165) is 0 Å². The molecule has 1 saturated carbocycles. The molecule has 63 heavy (non-hydrogen) atoms. The van der Waals surface area contributed by atoms with E-state index < -0.39 is 58.4 Å². The summed E-state index contributed by atoms with van der Waals surface area (Å²) in [5.74, 6) is -0.485. The monoisotopic (exact) mass is 889 g/mol. The lowest BCUT2D eigenvalue weighted by atomic mass is 9.49. The first kappa shape index (κ1) is 48.8. The van der Waals surface area contributed by atoms with Gasteiger partial charge in [0, 0.05) is 60.2 Å². The molecule has 0 aromatic heterocycles. The first-order chi connectivity index (χ1) is 29.6. The van der Waals surface area contributed by atoms with Gasteiger partial charge >= 0.3 is 0 Å². The van der Waals surface area contributed by atoms with Gasteiger partial charge < -0.3 is 50.4 Å². The normalized spacial score (nSPS) is 20.5. The summed E-state index contributed by atoms with van der Waals surface area (Å²) in [4.78, 5) is 54.7. The highest BCUT2D eigenvalue weighted by Crippen LogP contribution is 2.55. The predicted octanol–water partition coefficient (Wildman–Crippen LogP) is 4.79. The number of nitrogens with zero attached hydrogens (tertiary/aromatic N) is 2. The van der Waals surface area contributed by atoms with Crippen molar-refractivity contribution in [3.63, 3.8) is 0 Å². The molecule has 2 aliphatic rings. The van der Waals surface area contributed by atoms with Crippen LogP contribution < -0.4 is 25.4 Å². The van der Waals surface area contributed by atoms with Crippen LogP contribution in [0.25, 0.3) is 0 Å². The molecule has 16 heteroatoms. The number of hydrogen-bond donors (Lipinski definition) is 6. The van der Waals surface area contributed by atoms with E-state index in [-0.39, 0.29) is 50.8 Å². The van der Waals surface area contributed by atoms with Crippen LogP contribution in [-0.4, -0.2) is 101 Å². The number of hydrogen-bond acceptors (Lipinski definition) is 11. The number of benzene rings is 3. The van der Waals surface area contributed by atoms with E-state index >= 15 is 0 Å². The minimum atomic E-state index is -1.61. The lowest BCUT2D eigenvalue weighted by Crippen LogP contribution is -2.74. The Bertz CT molecular complexity index is 2120. The second kappa shape index (κ2) is 20.5. The van der Waals surface area contributed by atoms with Gasteiger partial charge in [0.05, 0.1) is 23.3 Å². The molecule has 1 heterocycles. The zero-order valence-corrected chi connectivity index (χ0v) is 37.7. The molecule has 0 spiro atoms. The number of rotatable bonds is 18. The summed E-state index contributed by atoms with van der Waals surface area (Å²) in [6.45, 7) is 14.0. The van der Waals surface area contributed by atoms with Crippen LogP contribution in [0.4, 0.5) is 0 Å². The molecule has 1 saturated heterocycles. The van der Waals surface area contributed by atoms with Crippen LogP contribution in [0.5, 0.6) is 11.5 Å². The van der Waals surface area contributed by atoms with Gasteiger partial charge in [-0.25, -0.2) is 0 Å². The maximum atomic E-state index is 13.9. The predicted molar refractivity (Wildman–Crippen MR) is 234 cm³/mol. The standard InChI is InChI=1S/C47H60ClN5O10/c1-45(2,3)38(41(58)53-26-32(54)22-36(53)40(57)50-25-28-10-12-30(13-11-28)42(59)60)51-37(55)27-61-20-8-9-21-62-33-17-14-29(15-18-33)39(56)52-43-46(4,5)44(47(43,6)7)63-34-19-16-31(24-49)35(48)23-34/h10-19,23,32,36,38,42-44,54,59-60H,8-9,20-22,25-27H2,1-7H3,(H,50,57)(H,51,55)(H,52,56)/t32-,36+,38-,43?,44?/m1/s1. The van der Waals surface area contributed by atoms with Gasteiger partial charge in [-0.1, -0.05) is 84.3 Å². The third-order valence-corrected chi connectivity index (χ3v) is 12.1. The molecule has 0 radical (unpaired) electrons. The van der Waals surface area contributed by atoms with Crippen molar-refractivity contribution in [1.82, 2.24) is 20.9 Å². The van der Waals surface area contributed by atoms with E-state index in [4.69, 9.17) is 25.8 Å². The summed E-state index contributed by atoms with van der Waals surface area (Å²) < 4.78 is 17.8. The Morgan fingerprint density at radius 2 is 1.57 bits per heavy atom. The van der Waals surface area contributed by atoms with E-state index in [1.165, 1.54) is 17.0 Å². The van der Waals surface area contributed by atoms with Gasteiger partial charge in [-0.2, -0.15) is 5.26 Å². The fourth-order valence-corrected chi connectivity index (χ4v) is 8.82. The number of ether oxygens (including phenoxy) is 3. The zero-order chi connectivity index (χ0) is 46.3. The van der Waals surface area contributed by atoms with Crippen LogP contribution in [0, 0.1) is 27.6 Å². The number of amides is 4. The molecular weight excluding hydrogens is 830 g/mol. The van der Waals surface area contributed by atoms with E-state index in [2.05, 4.69) is 16.0 Å². The molecule has 4 amide bonds. The second-order valence-electron chi connectivity index (χ2n) is 18.5. The number of unbranched alkanes of at least 4 members (excludes halogenated alkanes) is 1. The van der Waals surface area contributed by atoms with Crippen LogP contribution in [0.15, 0.2) is 66.7 Å². The first-order valence-electron chi connectivity index (χ1n) is 21.1. The molecule has 3 atom stereocenters. The zero-order valence-electron chi connectivity index (χ0n) is 36.9. The van der Waals surface area contributed by atoms with Gasteiger partial charge in [0.25, 0.3) is 5.91 Å². The van der Waals surface area contributed by atoms with Gasteiger partial charge in [-0.15, -0.1) is 0 Å². The van der Waals surface area contributed by atoms with Crippen LogP contribution in [0.2, 0.25) is 5.02 Å². The topological polar surface area (TPSA) is 220 Å². The third-order valence-electron chi connectivity index (χ3n) is 11.8. The minimum Gasteiger partial charge on any atom is -0.494 e. The molecule has 1 aliphatic carbocycles. The molecule has 2 fully saturated rings. The van der Waals surface area contributed by atoms with Crippen molar-refractivity contribution in [2.75, 3.05) is 26.4 Å². The number of nitrogens with one attached hydrogen (secondary N) is 3. The number of β-amino-alcohol motifs (C(OH)–C–C–N with tert-alkyl or cyclic N) is 1. The van der Waals surface area contributed by atoms with Crippen LogP contribution in [-0.2, 0) is 25.7 Å². The fraction of sp³-hybridized carbons (Fsp3) is 0.511. The fourth-order valence-electron chi connectivity index (χ4n) is 8.61. The Morgan fingerprint density at radius 1 is 0.937 bits per heavy atom. The van der Waals surface area contributed by atoms with Crippen molar-refractivity contribution in [1.29, 1.82) is 5.26 Å². The highest BCUT2D eigenvalue weighted by Gasteiger charge is 2.64. The van der Waals surface area contributed by atoms with Crippen molar-refractivity contribution < 1.29 is 48.7 Å². The summed E-state index contributed by atoms with van der Waals surface area (Å²) in [6.07, 6.45) is -1.47. The average molecular weight is 890 g/mol. The number of halogens is 1. The van der Waals surface area contributed by atoms with Gasteiger partial charge in [0.2, 0.25) is 17.7 Å². The second-order valence-corrected chi connectivity index (χ2v) is 18.9. The average Bonchev–Trinajstić information content (AvgIpc) is 3.63. The van der Waals surface area contributed by atoms with E-state index in [0.29, 0.717) is 58.2 Å². The van der Waals surface area contributed by atoms with Crippen molar-refractivity contribution in [3.8, 4) is 17.6 Å². The summed E-state index contributed by atoms with van der Waals surface area (Å²) in [5, 5.41) is 47.4. The van der Waals surface area contributed by atoms with Gasteiger partial charge in [0.15, 0.2) is 6.29 Å². The SMILES string of the molecule is CC1(C)C(NC(=O)c2ccc(OCCCCOCC(=O)N[C@H](C(=O)N3C[C@H](O)C[C@H]3C(=O)NCc3ccc(C(O)O)cc3)C(C)(C)C)cc2)C(C)(C)C1Oc1ccc(C#N)c(Cl)c1. The van der Waals surface area contributed by atoms with Crippen LogP contribution >= 0.6 is 11.6 Å². The van der Waals surface area contributed by atoms with Crippen LogP contribution in [0.1, 0.15) is 101 Å². The number of carbonyl (C=O) groups is 4. The lowest BCUT2D eigenvalue weighted by molar-refractivity contribution is -0.164. The molecule has 1 aliphatic heterocycles. The number of aliphatic hydroxyl groups excluding tert-OH is 2. The van der Waals surface area contributed by atoms with Gasteiger partial charge in [-0.05, 0) is 60.2 Å². The molecule has 15 nitrogen and oxygen atoms in total. The molecule has 3 aromatic rings. The lowest BCUT2D eigenvalue weighted by Gasteiger charge is -2.63. The minimum absolute atomic E-state index is 0.0449. The Balaban J connectivity index is 1.01. The summed E-state index contributed by atoms with van der Waals surface area (Å²) in [6, 6.07) is 18.2. The first-order valence-corrected chi connectivity index (χ1v) is 21.5. The van der Waals surface area contributed by atoms with Gasteiger partial charge in [-0.3, -0.25) is 19.2 Å². The Labute approximate surface area is 374 Å². The number of nitriles is 1. The van der Waals surface area contributed by atoms with Crippen molar-refractivity contribution in [2.45, 2.75) is 111 Å². The highest BCUT2D eigenvalue weighted by atomic mass is 35.5. The largest absolute Gasteiger partial charge is 0.494 e. The van der Waals surface area contributed by atoms with Crippen molar-refractivity contribution >= 4 is 35.2 Å².